The molecule has 0 aromatic heterocycles. The highest BCUT2D eigenvalue weighted by Crippen LogP contribution is 2.26. The molecule has 118 valence electrons. The lowest BCUT2D eigenvalue weighted by Crippen LogP contribution is -2.40. The maximum atomic E-state index is 3.41. The van der Waals surface area contributed by atoms with Crippen LogP contribution in [0.15, 0.2) is 18.2 Å². The van der Waals surface area contributed by atoms with Gasteiger partial charge in [-0.15, -0.1) is 0 Å². The van der Waals surface area contributed by atoms with Gasteiger partial charge in [0.1, 0.15) is 0 Å². The van der Waals surface area contributed by atoms with Gasteiger partial charge in [-0.2, -0.15) is 0 Å². The van der Waals surface area contributed by atoms with Gasteiger partial charge in [-0.1, -0.05) is 26.0 Å². The summed E-state index contributed by atoms with van der Waals surface area (Å²) in [5.74, 6) is 0. The summed E-state index contributed by atoms with van der Waals surface area (Å²) in [6.45, 7) is 12.3. The number of hydrogen-bond donors (Lipinski definition) is 1. The van der Waals surface area contributed by atoms with E-state index >= 15 is 0 Å². The van der Waals surface area contributed by atoms with E-state index in [4.69, 9.17) is 0 Å². The van der Waals surface area contributed by atoms with Gasteiger partial charge in [0.05, 0.1) is 0 Å². The van der Waals surface area contributed by atoms with Crippen LogP contribution in [-0.4, -0.2) is 44.2 Å². The predicted molar refractivity (Wildman–Crippen MR) is 92.1 cm³/mol. The second-order valence-electron chi connectivity index (χ2n) is 6.27. The molecule has 1 aromatic rings. The SMILES string of the molecule is CCNCc1ccc(N2CCCN(C)CC2CC)c(C)c1. The fraction of sp³-hybridized carbons (Fsp3) is 0.667. The van der Waals surface area contributed by atoms with Gasteiger partial charge in [0, 0.05) is 31.4 Å². The molecule has 1 aromatic carbocycles. The van der Waals surface area contributed by atoms with Crippen molar-refractivity contribution in [3.63, 3.8) is 0 Å². The molecule has 0 bridgehead atoms. The van der Waals surface area contributed by atoms with Gasteiger partial charge in [-0.25, -0.2) is 0 Å². The van der Waals surface area contributed by atoms with E-state index in [1.807, 2.05) is 0 Å². The smallest absolute Gasteiger partial charge is 0.0414 e. The van der Waals surface area contributed by atoms with Crippen molar-refractivity contribution in [3.8, 4) is 0 Å². The number of nitrogens with one attached hydrogen (secondary N) is 1. The summed E-state index contributed by atoms with van der Waals surface area (Å²) >= 11 is 0. The third-order valence-electron chi connectivity index (χ3n) is 4.52. The van der Waals surface area contributed by atoms with Gasteiger partial charge in [0.25, 0.3) is 0 Å². The Morgan fingerprint density at radius 1 is 1.24 bits per heavy atom. The topological polar surface area (TPSA) is 18.5 Å². The van der Waals surface area contributed by atoms with E-state index in [2.05, 4.69) is 61.1 Å². The lowest BCUT2D eigenvalue weighted by Gasteiger charge is -2.33. The van der Waals surface area contributed by atoms with Crippen LogP contribution in [0.4, 0.5) is 5.69 Å². The van der Waals surface area contributed by atoms with Crippen LogP contribution < -0.4 is 10.2 Å². The summed E-state index contributed by atoms with van der Waals surface area (Å²) in [5.41, 5.74) is 4.23. The summed E-state index contributed by atoms with van der Waals surface area (Å²) in [6.07, 6.45) is 2.47. The highest BCUT2D eigenvalue weighted by Gasteiger charge is 2.23. The molecule has 2 rings (SSSR count). The highest BCUT2D eigenvalue weighted by atomic mass is 15.2. The van der Waals surface area contributed by atoms with Crippen molar-refractivity contribution < 1.29 is 0 Å². The summed E-state index contributed by atoms with van der Waals surface area (Å²) < 4.78 is 0. The fourth-order valence-electron chi connectivity index (χ4n) is 3.33. The van der Waals surface area contributed by atoms with E-state index in [0.29, 0.717) is 6.04 Å². The average Bonchev–Trinajstić information content (AvgIpc) is 2.66. The van der Waals surface area contributed by atoms with E-state index < -0.39 is 0 Å². The first-order valence-electron chi connectivity index (χ1n) is 8.41. The van der Waals surface area contributed by atoms with E-state index in [1.54, 1.807) is 0 Å². The first-order valence-corrected chi connectivity index (χ1v) is 8.41. The molecule has 1 N–H and O–H groups in total. The largest absolute Gasteiger partial charge is 0.367 e. The minimum absolute atomic E-state index is 0.635. The van der Waals surface area contributed by atoms with Gasteiger partial charge < -0.3 is 15.1 Å². The van der Waals surface area contributed by atoms with E-state index in [0.717, 1.165) is 13.1 Å². The van der Waals surface area contributed by atoms with Gasteiger partial charge in [0.2, 0.25) is 0 Å². The molecule has 0 amide bonds. The minimum atomic E-state index is 0.635. The lowest BCUT2D eigenvalue weighted by atomic mass is 10.1. The Kier molecular flexibility index (Phi) is 6.07. The van der Waals surface area contributed by atoms with E-state index in [9.17, 15) is 0 Å². The molecule has 21 heavy (non-hydrogen) atoms. The van der Waals surface area contributed by atoms with Crippen molar-refractivity contribution in [3.05, 3.63) is 29.3 Å². The zero-order valence-corrected chi connectivity index (χ0v) is 14.2. The normalized spacial score (nSPS) is 20.6. The van der Waals surface area contributed by atoms with Crippen molar-refractivity contribution >= 4 is 5.69 Å². The zero-order chi connectivity index (χ0) is 15.2. The second kappa shape index (κ2) is 7.81. The van der Waals surface area contributed by atoms with Gasteiger partial charge in [-0.05, 0) is 57.1 Å². The number of nitrogens with zero attached hydrogens (tertiary/aromatic N) is 2. The molecule has 1 fully saturated rings. The average molecular weight is 289 g/mol. The van der Waals surface area contributed by atoms with Crippen LogP contribution in [-0.2, 0) is 6.54 Å². The Balaban J connectivity index is 2.18. The summed E-state index contributed by atoms with van der Waals surface area (Å²) in [5, 5.41) is 3.41. The second-order valence-corrected chi connectivity index (χ2v) is 6.27. The predicted octanol–water partition coefficient (Wildman–Crippen LogP) is 3.03. The first-order chi connectivity index (χ1) is 10.2. The third-order valence-corrected chi connectivity index (χ3v) is 4.52. The number of likely N-dealkylation sites (N-methyl/N-ethyl adjacent to an activating group) is 1. The Bertz CT molecular complexity index is 444. The summed E-state index contributed by atoms with van der Waals surface area (Å²) in [4.78, 5) is 5.11. The van der Waals surface area contributed by atoms with Crippen LogP contribution in [0.2, 0.25) is 0 Å². The maximum Gasteiger partial charge on any atom is 0.0414 e. The molecule has 3 nitrogen and oxygen atoms in total. The molecule has 0 aliphatic carbocycles. The standard InChI is InChI=1S/C18H31N3/c1-5-17-14-20(4)10-7-11-21(17)18-9-8-16(12-15(18)3)13-19-6-2/h8-9,12,17,19H,5-7,10-11,13-14H2,1-4H3. The quantitative estimate of drug-likeness (QED) is 0.899. The van der Waals surface area contributed by atoms with Crippen LogP contribution in [0.5, 0.6) is 0 Å². The summed E-state index contributed by atoms with van der Waals surface area (Å²) in [7, 11) is 2.25. The summed E-state index contributed by atoms with van der Waals surface area (Å²) in [6, 6.07) is 7.59. The Hall–Kier alpha value is -1.06. The van der Waals surface area contributed by atoms with Crippen molar-refractivity contribution in [1.29, 1.82) is 0 Å². The molecule has 1 aliphatic heterocycles. The molecule has 0 spiro atoms. The number of hydrogen-bond acceptors (Lipinski definition) is 3. The molecule has 1 aliphatic rings. The van der Waals surface area contributed by atoms with Gasteiger partial charge >= 0.3 is 0 Å². The number of benzene rings is 1. The minimum Gasteiger partial charge on any atom is -0.367 e. The number of rotatable bonds is 5. The van der Waals surface area contributed by atoms with Gasteiger partial charge in [-0.3, -0.25) is 0 Å². The van der Waals surface area contributed by atoms with Crippen molar-refractivity contribution in [1.82, 2.24) is 10.2 Å². The van der Waals surface area contributed by atoms with Crippen LogP contribution >= 0.6 is 0 Å². The fourth-order valence-corrected chi connectivity index (χ4v) is 3.33. The molecule has 3 heteroatoms. The zero-order valence-electron chi connectivity index (χ0n) is 14.2. The third kappa shape index (κ3) is 4.21. The van der Waals surface area contributed by atoms with Crippen molar-refractivity contribution in [2.75, 3.05) is 38.1 Å². The molecule has 1 heterocycles. The number of aryl methyl sites for hydroxylation is 1. The van der Waals surface area contributed by atoms with Crippen LogP contribution in [0, 0.1) is 6.92 Å². The molecule has 0 saturated carbocycles. The number of anilines is 1. The van der Waals surface area contributed by atoms with E-state index in [1.165, 1.54) is 49.3 Å². The van der Waals surface area contributed by atoms with Crippen molar-refractivity contribution in [2.24, 2.45) is 0 Å². The van der Waals surface area contributed by atoms with Crippen LogP contribution in [0.3, 0.4) is 0 Å². The first kappa shape index (κ1) is 16.3. The monoisotopic (exact) mass is 289 g/mol. The lowest BCUT2D eigenvalue weighted by molar-refractivity contribution is 0.328. The maximum absolute atomic E-state index is 3.41. The molecule has 1 saturated heterocycles. The Labute approximate surface area is 130 Å². The Morgan fingerprint density at radius 2 is 2.05 bits per heavy atom. The molecular weight excluding hydrogens is 258 g/mol. The van der Waals surface area contributed by atoms with Crippen molar-refractivity contribution in [2.45, 2.75) is 46.2 Å². The Morgan fingerprint density at radius 3 is 2.71 bits per heavy atom. The van der Waals surface area contributed by atoms with Gasteiger partial charge in [0.15, 0.2) is 0 Å². The molecular formula is C18H31N3. The molecule has 0 radical (unpaired) electrons. The van der Waals surface area contributed by atoms with E-state index in [-0.39, 0.29) is 0 Å². The molecule has 1 unspecified atom stereocenters. The molecule has 1 atom stereocenters. The van der Waals surface area contributed by atoms with Crippen LogP contribution in [0.25, 0.3) is 0 Å². The highest BCUT2D eigenvalue weighted by molar-refractivity contribution is 5.55. The van der Waals surface area contributed by atoms with Crippen LogP contribution in [0.1, 0.15) is 37.8 Å².